The van der Waals surface area contributed by atoms with Crippen LogP contribution in [0.4, 0.5) is 0 Å². The van der Waals surface area contributed by atoms with Crippen molar-refractivity contribution in [2.45, 2.75) is 19.4 Å². The van der Waals surface area contributed by atoms with Gasteiger partial charge in [0.15, 0.2) is 0 Å². The molecule has 1 fully saturated rings. The van der Waals surface area contributed by atoms with E-state index in [9.17, 15) is 0 Å². The van der Waals surface area contributed by atoms with Gasteiger partial charge in [0.25, 0.3) is 0 Å². The Labute approximate surface area is 108 Å². The summed E-state index contributed by atoms with van der Waals surface area (Å²) in [4.78, 5) is 6.47. The molecule has 1 saturated heterocycles. The summed E-state index contributed by atoms with van der Waals surface area (Å²) in [5.74, 6) is 0.734. The Morgan fingerprint density at radius 2 is 2.24 bits per heavy atom. The molecule has 0 radical (unpaired) electrons. The van der Waals surface area contributed by atoms with Gasteiger partial charge in [-0.1, -0.05) is 11.6 Å². The van der Waals surface area contributed by atoms with E-state index in [4.69, 9.17) is 16.3 Å². The largest absolute Gasteiger partial charge is 0.384 e. The summed E-state index contributed by atoms with van der Waals surface area (Å²) in [6, 6.07) is 3.98. The number of hydrogen-bond donors (Lipinski definition) is 0. The van der Waals surface area contributed by atoms with Gasteiger partial charge in [0.05, 0.1) is 0 Å². The van der Waals surface area contributed by atoms with Gasteiger partial charge in [0, 0.05) is 26.5 Å². The number of likely N-dealkylation sites (tertiary alicyclic amines) is 1. The lowest BCUT2D eigenvalue weighted by molar-refractivity contribution is 0.0968. The number of halogens is 1. The first-order valence-electron chi connectivity index (χ1n) is 6.09. The first-order chi connectivity index (χ1) is 8.28. The average molecular weight is 255 g/mol. The summed E-state index contributed by atoms with van der Waals surface area (Å²) >= 11 is 5.88. The number of aromatic nitrogens is 1. The van der Waals surface area contributed by atoms with Crippen molar-refractivity contribution in [2.75, 3.05) is 26.8 Å². The van der Waals surface area contributed by atoms with Crippen LogP contribution in [0.1, 0.15) is 18.4 Å². The number of pyridine rings is 1. The van der Waals surface area contributed by atoms with E-state index >= 15 is 0 Å². The molecule has 1 aromatic rings. The zero-order valence-corrected chi connectivity index (χ0v) is 11.0. The maximum Gasteiger partial charge on any atom is 0.129 e. The molecular weight excluding hydrogens is 236 g/mol. The maximum absolute atomic E-state index is 5.88. The Morgan fingerprint density at radius 1 is 1.47 bits per heavy atom. The fourth-order valence-electron chi connectivity index (χ4n) is 2.35. The third-order valence-electron chi connectivity index (χ3n) is 3.31. The standard InChI is InChI=1S/C13H19ClN2O/c1-17-10-11-3-6-16(7-4-11)9-12-2-5-15-13(14)8-12/h2,5,8,11H,3-4,6-7,9-10H2,1H3. The van der Waals surface area contributed by atoms with Crippen LogP contribution in [0.2, 0.25) is 5.15 Å². The van der Waals surface area contributed by atoms with E-state index in [1.54, 1.807) is 13.3 Å². The van der Waals surface area contributed by atoms with E-state index in [-0.39, 0.29) is 0 Å². The van der Waals surface area contributed by atoms with Gasteiger partial charge >= 0.3 is 0 Å². The summed E-state index contributed by atoms with van der Waals surface area (Å²) < 4.78 is 5.21. The van der Waals surface area contributed by atoms with Crippen molar-refractivity contribution in [3.63, 3.8) is 0 Å². The molecule has 0 spiro atoms. The van der Waals surface area contributed by atoms with Crippen LogP contribution < -0.4 is 0 Å². The number of rotatable bonds is 4. The molecule has 0 N–H and O–H groups in total. The van der Waals surface area contributed by atoms with Gasteiger partial charge in [-0.05, 0) is 49.5 Å². The summed E-state index contributed by atoms with van der Waals surface area (Å²) in [5.41, 5.74) is 1.25. The molecule has 2 heterocycles. The Morgan fingerprint density at radius 3 is 2.88 bits per heavy atom. The van der Waals surface area contributed by atoms with Gasteiger partial charge in [0.1, 0.15) is 5.15 Å². The van der Waals surface area contributed by atoms with Crippen molar-refractivity contribution in [2.24, 2.45) is 5.92 Å². The normalized spacial score (nSPS) is 18.5. The molecule has 0 saturated carbocycles. The second-order valence-electron chi connectivity index (χ2n) is 4.66. The van der Waals surface area contributed by atoms with Gasteiger partial charge < -0.3 is 4.74 Å². The highest BCUT2D eigenvalue weighted by Gasteiger charge is 2.18. The molecule has 1 aliphatic rings. The molecule has 0 aliphatic carbocycles. The molecule has 1 aromatic heterocycles. The summed E-state index contributed by atoms with van der Waals surface area (Å²) in [6.07, 6.45) is 4.23. The van der Waals surface area contributed by atoms with E-state index in [0.29, 0.717) is 5.15 Å². The summed E-state index contributed by atoms with van der Waals surface area (Å²) in [7, 11) is 1.78. The Balaban J connectivity index is 1.82. The third kappa shape index (κ3) is 3.95. The predicted octanol–water partition coefficient (Wildman–Crippen LogP) is 2.59. The van der Waals surface area contributed by atoms with Crippen molar-refractivity contribution >= 4 is 11.6 Å². The Bertz CT molecular complexity index is 351. The van der Waals surface area contributed by atoms with E-state index in [1.165, 1.54) is 18.4 Å². The molecule has 2 rings (SSSR count). The molecule has 1 aliphatic heterocycles. The third-order valence-corrected chi connectivity index (χ3v) is 3.51. The number of methoxy groups -OCH3 is 1. The quantitative estimate of drug-likeness (QED) is 0.773. The first-order valence-corrected chi connectivity index (χ1v) is 6.47. The zero-order chi connectivity index (χ0) is 12.1. The Kier molecular flexibility index (Phi) is 4.77. The van der Waals surface area contributed by atoms with Gasteiger partial charge in [-0.2, -0.15) is 0 Å². The number of nitrogens with zero attached hydrogens (tertiary/aromatic N) is 2. The molecule has 94 valence electrons. The van der Waals surface area contributed by atoms with Gasteiger partial charge in [-0.15, -0.1) is 0 Å². The van der Waals surface area contributed by atoms with Crippen LogP contribution in [0.25, 0.3) is 0 Å². The van der Waals surface area contributed by atoms with Crippen LogP contribution >= 0.6 is 11.6 Å². The topological polar surface area (TPSA) is 25.4 Å². The van der Waals surface area contributed by atoms with Gasteiger partial charge in [0.2, 0.25) is 0 Å². The molecule has 0 aromatic carbocycles. The molecule has 3 nitrogen and oxygen atoms in total. The Hall–Kier alpha value is -0.640. The smallest absolute Gasteiger partial charge is 0.129 e. The van der Waals surface area contributed by atoms with Crippen LogP contribution in [0, 0.1) is 5.92 Å². The molecule has 17 heavy (non-hydrogen) atoms. The average Bonchev–Trinajstić information content (AvgIpc) is 2.32. The van der Waals surface area contributed by atoms with Crippen molar-refractivity contribution in [1.82, 2.24) is 9.88 Å². The predicted molar refractivity (Wildman–Crippen MR) is 69.1 cm³/mol. The van der Waals surface area contributed by atoms with E-state index in [1.807, 2.05) is 12.1 Å². The molecule has 4 heteroatoms. The lowest BCUT2D eigenvalue weighted by Crippen LogP contribution is -2.34. The van der Waals surface area contributed by atoms with Gasteiger partial charge in [-0.3, -0.25) is 4.90 Å². The van der Waals surface area contributed by atoms with Crippen LogP contribution in [-0.2, 0) is 11.3 Å². The number of hydrogen-bond acceptors (Lipinski definition) is 3. The lowest BCUT2D eigenvalue weighted by atomic mass is 9.97. The zero-order valence-electron chi connectivity index (χ0n) is 10.2. The van der Waals surface area contributed by atoms with E-state index < -0.39 is 0 Å². The molecule has 0 amide bonds. The van der Waals surface area contributed by atoms with Crippen molar-refractivity contribution in [1.29, 1.82) is 0 Å². The van der Waals surface area contributed by atoms with Crippen molar-refractivity contribution < 1.29 is 4.74 Å². The van der Waals surface area contributed by atoms with Gasteiger partial charge in [-0.25, -0.2) is 4.98 Å². The SMILES string of the molecule is COCC1CCN(Cc2ccnc(Cl)c2)CC1. The monoisotopic (exact) mass is 254 g/mol. The van der Waals surface area contributed by atoms with Crippen molar-refractivity contribution in [3.8, 4) is 0 Å². The number of piperidine rings is 1. The van der Waals surface area contributed by atoms with E-state index in [2.05, 4.69) is 9.88 Å². The molecular formula is C13H19ClN2O. The summed E-state index contributed by atoms with van der Waals surface area (Å²) in [6.45, 7) is 4.17. The van der Waals surface area contributed by atoms with Crippen molar-refractivity contribution in [3.05, 3.63) is 29.0 Å². The van der Waals surface area contributed by atoms with E-state index in [0.717, 1.165) is 32.2 Å². The highest BCUT2D eigenvalue weighted by Crippen LogP contribution is 2.19. The minimum atomic E-state index is 0.580. The summed E-state index contributed by atoms with van der Waals surface area (Å²) in [5, 5.41) is 0.580. The highest BCUT2D eigenvalue weighted by atomic mass is 35.5. The minimum Gasteiger partial charge on any atom is -0.384 e. The molecule has 0 atom stereocenters. The number of ether oxygens (including phenoxy) is 1. The fraction of sp³-hybridized carbons (Fsp3) is 0.615. The first kappa shape index (κ1) is 12.8. The van der Waals surface area contributed by atoms with Crippen LogP contribution in [-0.4, -0.2) is 36.7 Å². The van der Waals surface area contributed by atoms with Crippen LogP contribution in [0.15, 0.2) is 18.3 Å². The second-order valence-corrected chi connectivity index (χ2v) is 5.05. The second kappa shape index (κ2) is 6.34. The maximum atomic E-state index is 5.88. The molecule has 0 bridgehead atoms. The minimum absolute atomic E-state index is 0.580. The lowest BCUT2D eigenvalue weighted by Gasteiger charge is -2.31. The van der Waals surface area contributed by atoms with Crippen LogP contribution in [0.3, 0.4) is 0 Å². The molecule has 0 unspecified atom stereocenters. The fourth-order valence-corrected chi connectivity index (χ4v) is 2.54. The van der Waals surface area contributed by atoms with Crippen LogP contribution in [0.5, 0.6) is 0 Å². The highest BCUT2D eigenvalue weighted by molar-refractivity contribution is 6.29.